The van der Waals surface area contributed by atoms with Crippen molar-refractivity contribution in [3.8, 4) is 0 Å². The van der Waals surface area contributed by atoms with Crippen LogP contribution in [0.25, 0.3) is 0 Å². The summed E-state index contributed by atoms with van der Waals surface area (Å²) in [5, 5.41) is 0. The number of aldehydes is 1. The summed E-state index contributed by atoms with van der Waals surface area (Å²) in [6, 6.07) is 1.20. The van der Waals surface area contributed by atoms with E-state index in [0.29, 0.717) is 18.6 Å². The highest BCUT2D eigenvalue weighted by molar-refractivity contribution is 5.52. The largest absolute Gasteiger partial charge is 0.302 e. The summed E-state index contributed by atoms with van der Waals surface area (Å²) in [6.07, 6.45) is 4.83. The van der Waals surface area contributed by atoms with Crippen molar-refractivity contribution in [3.63, 3.8) is 0 Å². The summed E-state index contributed by atoms with van der Waals surface area (Å²) in [6.45, 7) is 5.03. The number of hydrogen-bond donors (Lipinski definition) is 0. The summed E-state index contributed by atoms with van der Waals surface area (Å²) in [5.74, 6) is 0. The molecule has 0 amide bonds. The van der Waals surface area contributed by atoms with Gasteiger partial charge in [0.15, 0.2) is 0 Å². The molecular formula is C9H17NO. The first kappa shape index (κ1) is 8.72. The van der Waals surface area contributed by atoms with Gasteiger partial charge in [0.1, 0.15) is 6.29 Å². The van der Waals surface area contributed by atoms with E-state index < -0.39 is 0 Å². The van der Waals surface area contributed by atoms with Crippen LogP contribution in [0.2, 0.25) is 0 Å². The van der Waals surface area contributed by atoms with Crippen molar-refractivity contribution in [1.29, 1.82) is 0 Å². The summed E-state index contributed by atoms with van der Waals surface area (Å²) in [7, 11) is 0. The molecule has 0 unspecified atom stereocenters. The van der Waals surface area contributed by atoms with Crippen molar-refractivity contribution in [1.82, 2.24) is 4.90 Å². The first-order chi connectivity index (χ1) is 5.25. The van der Waals surface area contributed by atoms with Gasteiger partial charge in [-0.15, -0.1) is 0 Å². The molecule has 2 atom stereocenters. The lowest BCUT2D eigenvalue weighted by atomic mass is 9.98. The Hall–Kier alpha value is -0.370. The molecule has 0 saturated carbocycles. The maximum Gasteiger partial charge on any atom is 0.134 e. The van der Waals surface area contributed by atoms with Gasteiger partial charge in [0, 0.05) is 12.1 Å². The Balaban J connectivity index is 2.47. The highest BCUT2D eigenvalue weighted by Gasteiger charge is 2.23. The summed E-state index contributed by atoms with van der Waals surface area (Å²) >= 11 is 0. The summed E-state index contributed by atoms with van der Waals surface area (Å²) in [4.78, 5) is 12.6. The van der Waals surface area contributed by atoms with Gasteiger partial charge in [-0.2, -0.15) is 0 Å². The number of nitrogens with zero attached hydrogens (tertiary/aromatic N) is 1. The molecule has 2 heteroatoms. The predicted molar refractivity (Wildman–Crippen MR) is 45.5 cm³/mol. The van der Waals surface area contributed by atoms with Crippen LogP contribution < -0.4 is 0 Å². The Kier molecular flexibility index (Phi) is 3.06. The van der Waals surface area contributed by atoms with Crippen LogP contribution in [0.15, 0.2) is 0 Å². The van der Waals surface area contributed by atoms with Gasteiger partial charge in [-0.1, -0.05) is 6.42 Å². The van der Waals surface area contributed by atoms with Crippen molar-refractivity contribution in [3.05, 3.63) is 0 Å². The molecular weight excluding hydrogens is 138 g/mol. The Labute approximate surface area is 68.6 Å². The van der Waals surface area contributed by atoms with E-state index in [9.17, 15) is 4.79 Å². The lowest BCUT2D eigenvalue weighted by Crippen LogP contribution is -2.44. The number of carbonyl (C=O) groups is 1. The van der Waals surface area contributed by atoms with E-state index >= 15 is 0 Å². The molecule has 1 aliphatic rings. The Morgan fingerprint density at radius 3 is 2.36 bits per heavy atom. The number of carbonyl (C=O) groups excluding carboxylic acids is 1. The normalized spacial score (nSPS) is 33.6. The Morgan fingerprint density at radius 1 is 1.36 bits per heavy atom. The molecule has 0 N–H and O–H groups in total. The predicted octanol–water partition coefficient (Wildman–Crippen LogP) is 1.45. The van der Waals surface area contributed by atoms with Gasteiger partial charge in [0.25, 0.3) is 0 Å². The lowest BCUT2D eigenvalue weighted by molar-refractivity contribution is -0.110. The van der Waals surface area contributed by atoms with Gasteiger partial charge >= 0.3 is 0 Å². The second-order valence-electron chi connectivity index (χ2n) is 3.49. The fraction of sp³-hybridized carbons (Fsp3) is 0.889. The maximum atomic E-state index is 10.3. The van der Waals surface area contributed by atoms with E-state index in [1.807, 2.05) is 0 Å². The van der Waals surface area contributed by atoms with Crippen LogP contribution in [0.5, 0.6) is 0 Å². The monoisotopic (exact) mass is 155 g/mol. The maximum absolute atomic E-state index is 10.3. The molecule has 11 heavy (non-hydrogen) atoms. The van der Waals surface area contributed by atoms with Gasteiger partial charge in [-0.3, -0.25) is 4.90 Å². The third kappa shape index (κ3) is 2.03. The molecule has 0 radical (unpaired) electrons. The van der Waals surface area contributed by atoms with E-state index in [2.05, 4.69) is 18.7 Å². The van der Waals surface area contributed by atoms with Crippen LogP contribution in [-0.4, -0.2) is 29.8 Å². The average molecular weight is 155 g/mol. The second kappa shape index (κ2) is 3.86. The van der Waals surface area contributed by atoms with Crippen molar-refractivity contribution in [2.45, 2.75) is 45.2 Å². The Morgan fingerprint density at radius 2 is 1.91 bits per heavy atom. The standard InChI is InChI=1S/C9H17NO/c1-8-4-3-5-9(2)10(8)6-7-11/h7-9H,3-6H2,1-2H3/t8-,9+. The zero-order chi connectivity index (χ0) is 8.27. The third-order valence-electron chi connectivity index (χ3n) is 2.66. The molecule has 0 aromatic carbocycles. The lowest BCUT2D eigenvalue weighted by Gasteiger charge is -2.37. The fourth-order valence-corrected chi connectivity index (χ4v) is 1.92. The SMILES string of the molecule is C[C@@H]1CCC[C@H](C)N1CC=O. The summed E-state index contributed by atoms with van der Waals surface area (Å²) < 4.78 is 0. The highest BCUT2D eigenvalue weighted by Crippen LogP contribution is 2.21. The molecule has 0 bridgehead atoms. The molecule has 64 valence electrons. The fourth-order valence-electron chi connectivity index (χ4n) is 1.92. The van der Waals surface area contributed by atoms with Crippen molar-refractivity contribution in [2.24, 2.45) is 0 Å². The van der Waals surface area contributed by atoms with Crippen LogP contribution >= 0.6 is 0 Å². The Bertz CT molecular complexity index is 126. The molecule has 1 aliphatic heterocycles. The van der Waals surface area contributed by atoms with Gasteiger partial charge in [-0.05, 0) is 26.7 Å². The first-order valence-electron chi connectivity index (χ1n) is 4.45. The molecule has 0 aromatic heterocycles. The van der Waals surface area contributed by atoms with Gasteiger partial charge in [0.2, 0.25) is 0 Å². The molecule has 0 aromatic rings. The van der Waals surface area contributed by atoms with Crippen molar-refractivity contribution >= 4 is 6.29 Å². The van der Waals surface area contributed by atoms with Crippen LogP contribution in [0, 0.1) is 0 Å². The van der Waals surface area contributed by atoms with E-state index in [1.54, 1.807) is 0 Å². The van der Waals surface area contributed by atoms with Gasteiger partial charge in [-0.25, -0.2) is 0 Å². The van der Waals surface area contributed by atoms with Gasteiger partial charge in [0.05, 0.1) is 6.54 Å². The van der Waals surface area contributed by atoms with Crippen LogP contribution in [0.3, 0.4) is 0 Å². The third-order valence-corrected chi connectivity index (χ3v) is 2.66. The minimum atomic E-state index is 0.601. The smallest absolute Gasteiger partial charge is 0.134 e. The molecule has 1 fully saturated rings. The topological polar surface area (TPSA) is 20.3 Å². The number of likely N-dealkylation sites (tertiary alicyclic amines) is 1. The van der Waals surface area contributed by atoms with E-state index in [1.165, 1.54) is 19.3 Å². The second-order valence-corrected chi connectivity index (χ2v) is 3.49. The van der Waals surface area contributed by atoms with Gasteiger partial charge < -0.3 is 4.79 Å². The van der Waals surface area contributed by atoms with E-state index in [0.717, 1.165) is 6.29 Å². The minimum Gasteiger partial charge on any atom is -0.302 e. The number of rotatable bonds is 2. The van der Waals surface area contributed by atoms with E-state index in [-0.39, 0.29) is 0 Å². The molecule has 0 spiro atoms. The molecule has 1 heterocycles. The quantitative estimate of drug-likeness (QED) is 0.562. The van der Waals surface area contributed by atoms with Crippen molar-refractivity contribution < 1.29 is 4.79 Å². The molecule has 2 nitrogen and oxygen atoms in total. The van der Waals surface area contributed by atoms with E-state index in [4.69, 9.17) is 0 Å². The number of piperidine rings is 1. The van der Waals surface area contributed by atoms with Crippen LogP contribution in [0.4, 0.5) is 0 Å². The molecule has 1 saturated heterocycles. The zero-order valence-electron chi connectivity index (χ0n) is 7.42. The molecule has 1 rings (SSSR count). The van der Waals surface area contributed by atoms with Crippen molar-refractivity contribution in [2.75, 3.05) is 6.54 Å². The molecule has 0 aliphatic carbocycles. The average Bonchev–Trinajstić information content (AvgIpc) is 1.97. The minimum absolute atomic E-state index is 0.601. The zero-order valence-corrected chi connectivity index (χ0v) is 7.42. The number of hydrogen-bond acceptors (Lipinski definition) is 2. The summed E-state index contributed by atoms with van der Waals surface area (Å²) in [5.41, 5.74) is 0. The van der Waals surface area contributed by atoms with Crippen LogP contribution in [-0.2, 0) is 4.79 Å². The van der Waals surface area contributed by atoms with Crippen LogP contribution in [0.1, 0.15) is 33.1 Å². The highest BCUT2D eigenvalue weighted by atomic mass is 16.1. The first-order valence-corrected chi connectivity index (χ1v) is 4.45.